The van der Waals surface area contributed by atoms with Crippen LogP contribution in [-0.2, 0) is 5.75 Å². The van der Waals surface area contributed by atoms with Crippen molar-refractivity contribution in [3.8, 4) is 0 Å². The molecule has 0 aliphatic rings. The lowest BCUT2D eigenvalue weighted by Gasteiger charge is -2.10. The molecular formula is C20H16F2N2OS. The molecule has 0 bridgehead atoms. The minimum Gasteiger partial charge on any atom is -0.319 e. The van der Waals surface area contributed by atoms with E-state index in [1.54, 1.807) is 42.6 Å². The molecule has 0 fully saturated rings. The van der Waals surface area contributed by atoms with Crippen LogP contribution in [0.2, 0.25) is 0 Å². The first-order chi connectivity index (χ1) is 12.5. The highest BCUT2D eigenvalue weighted by Gasteiger charge is 2.15. The number of hydrogen-bond acceptors (Lipinski definition) is 3. The maximum atomic E-state index is 13.9. The highest BCUT2D eigenvalue weighted by Crippen LogP contribution is 2.25. The van der Waals surface area contributed by atoms with Crippen molar-refractivity contribution in [3.63, 3.8) is 0 Å². The zero-order valence-corrected chi connectivity index (χ0v) is 14.8. The molecule has 2 aromatic carbocycles. The van der Waals surface area contributed by atoms with Gasteiger partial charge in [0.1, 0.15) is 16.7 Å². The van der Waals surface area contributed by atoms with E-state index in [1.807, 2.05) is 6.92 Å². The fourth-order valence-corrected chi connectivity index (χ4v) is 3.28. The number of pyridine rings is 1. The van der Waals surface area contributed by atoms with E-state index in [0.29, 0.717) is 16.3 Å². The molecule has 6 heteroatoms. The third-order valence-electron chi connectivity index (χ3n) is 3.67. The first kappa shape index (κ1) is 18.1. The Balaban J connectivity index is 1.76. The van der Waals surface area contributed by atoms with Gasteiger partial charge in [-0.25, -0.2) is 13.8 Å². The van der Waals surface area contributed by atoms with Crippen LogP contribution in [-0.4, -0.2) is 10.9 Å². The predicted molar refractivity (Wildman–Crippen MR) is 99.3 cm³/mol. The number of carbonyl (C=O) groups is 1. The monoisotopic (exact) mass is 370 g/mol. The van der Waals surface area contributed by atoms with Gasteiger partial charge >= 0.3 is 0 Å². The summed E-state index contributed by atoms with van der Waals surface area (Å²) in [6.07, 6.45) is 1.59. The summed E-state index contributed by atoms with van der Waals surface area (Å²) in [6, 6.07) is 14.0. The first-order valence-electron chi connectivity index (χ1n) is 7.92. The molecule has 0 unspecified atom stereocenters. The smallest absolute Gasteiger partial charge is 0.258 e. The zero-order chi connectivity index (χ0) is 18.5. The number of aryl methyl sites for hydroxylation is 1. The van der Waals surface area contributed by atoms with Crippen molar-refractivity contribution in [1.82, 2.24) is 4.98 Å². The number of amides is 1. The highest BCUT2D eigenvalue weighted by molar-refractivity contribution is 7.98. The Kier molecular flexibility index (Phi) is 5.63. The third-order valence-corrected chi connectivity index (χ3v) is 4.75. The second-order valence-corrected chi connectivity index (χ2v) is 6.67. The molecule has 1 aromatic heterocycles. The minimum atomic E-state index is -0.492. The average Bonchev–Trinajstić information content (AvgIpc) is 2.64. The van der Waals surface area contributed by atoms with E-state index in [0.717, 1.165) is 11.1 Å². The van der Waals surface area contributed by atoms with Crippen molar-refractivity contribution in [2.75, 3.05) is 5.32 Å². The second kappa shape index (κ2) is 8.10. The van der Waals surface area contributed by atoms with Crippen LogP contribution in [0.15, 0.2) is 65.8 Å². The van der Waals surface area contributed by atoms with E-state index in [4.69, 9.17) is 0 Å². The number of rotatable bonds is 5. The van der Waals surface area contributed by atoms with E-state index in [1.165, 1.54) is 30.0 Å². The van der Waals surface area contributed by atoms with E-state index >= 15 is 0 Å². The molecule has 0 radical (unpaired) electrons. The summed E-state index contributed by atoms with van der Waals surface area (Å²) >= 11 is 1.36. The lowest BCUT2D eigenvalue weighted by atomic mass is 10.2. The fraction of sp³-hybridized carbons (Fsp3) is 0.100. The Bertz CT molecular complexity index is 929. The molecule has 1 heterocycles. The number of benzene rings is 2. The quantitative estimate of drug-likeness (QED) is 0.627. The number of anilines is 1. The molecule has 3 nitrogen and oxygen atoms in total. The molecular weight excluding hydrogens is 354 g/mol. The van der Waals surface area contributed by atoms with Gasteiger partial charge in [0.25, 0.3) is 5.91 Å². The standard InChI is InChI=1S/C20H16F2N2OS/c1-13-4-9-17(22)18(11-13)24-19(25)16-3-2-10-23-20(16)26-12-14-5-7-15(21)8-6-14/h2-11H,12H2,1H3,(H,24,25). The highest BCUT2D eigenvalue weighted by atomic mass is 32.2. The molecule has 1 N–H and O–H groups in total. The number of carbonyl (C=O) groups excluding carboxylic acids is 1. The molecule has 0 aliphatic heterocycles. The molecule has 0 spiro atoms. The summed E-state index contributed by atoms with van der Waals surface area (Å²) in [5.74, 6) is -0.675. The van der Waals surface area contributed by atoms with Crippen LogP contribution in [0, 0.1) is 18.6 Å². The van der Waals surface area contributed by atoms with Crippen LogP contribution in [0.4, 0.5) is 14.5 Å². The fourth-order valence-electron chi connectivity index (χ4n) is 2.34. The largest absolute Gasteiger partial charge is 0.319 e. The molecule has 132 valence electrons. The molecule has 26 heavy (non-hydrogen) atoms. The van der Waals surface area contributed by atoms with Crippen molar-refractivity contribution >= 4 is 23.4 Å². The lowest BCUT2D eigenvalue weighted by Crippen LogP contribution is -2.14. The van der Waals surface area contributed by atoms with Crippen molar-refractivity contribution in [3.05, 3.63) is 89.1 Å². The van der Waals surface area contributed by atoms with Gasteiger partial charge in [0.15, 0.2) is 0 Å². The molecule has 0 saturated heterocycles. The third kappa shape index (κ3) is 4.46. The predicted octanol–water partition coefficient (Wildman–Crippen LogP) is 5.21. The van der Waals surface area contributed by atoms with E-state index in [2.05, 4.69) is 10.3 Å². The Morgan fingerprint density at radius 1 is 1.12 bits per heavy atom. The summed E-state index contributed by atoms with van der Waals surface area (Å²) in [4.78, 5) is 16.8. The lowest BCUT2D eigenvalue weighted by molar-refractivity contribution is 0.102. The van der Waals surface area contributed by atoms with E-state index < -0.39 is 11.7 Å². The van der Waals surface area contributed by atoms with E-state index in [-0.39, 0.29) is 11.5 Å². The molecule has 0 aliphatic carbocycles. The van der Waals surface area contributed by atoms with Gasteiger partial charge in [0, 0.05) is 11.9 Å². The van der Waals surface area contributed by atoms with Crippen molar-refractivity contribution in [1.29, 1.82) is 0 Å². The molecule has 3 aromatic rings. The van der Waals surface area contributed by atoms with Gasteiger partial charge in [-0.3, -0.25) is 4.79 Å². The number of halogens is 2. The number of thioether (sulfide) groups is 1. The summed E-state index contributed by atoms with van der Waals surface area (Å²) in [5, 5.41) is 3.13. The van der Waals surface area contributed by atoms with Crippen LogP contribution in [0.5, 0.6) is 0 Å². The summed E-state index contributed by atoms with van der Waals surface area (Å²) < 4.78 is 26.9. The molecule has 0 saturated carbocycles. The Labute approximate surface area is 154 Å². The van der Waals surface area contributed by atoms with Crippen LogP contribution in [0.25, 0.3) is 0 Å². The molecule has 0 atom stereocenters. The van der Waals surface area contributed by atoms with Crippen LogP contribution in [0.3, 0.4) is 0 Å². The minimum absolute atomic E-state index is 0.133. The van der Waals surface area contributed by atoms with Crippen molar-refractivity contribution < 1.29 is 13.6 Å². The topological polar surface area (TPSA) is 42.0 Å². The Hall–Kier alpha value is -2.73. The van der Waals surface area contributed by atoms with Gasteiger partial charge in [0.05, 0.1) is 11.3 Å². The second-order valence-electron chi connectivity index (χ2n) is 5.71. The van der Waals surface area contributed by atoms with Gasteiger partial charge in [-0.2, -0.15) is 0 Å². The van der Waals surface area contributed by atoms with Crippen LogP contribution in [0.1, 0.15) is 21.5 Å². The van der Waals surface area contributed by atoms with Gasteiger partial charge in [-0.15, -0.1) is 11.8 Å². The average molecular weight is 370 g/mol. The number of nitrogens with one attached hydrogen (secondary N) is 1. The maximum absolute atomic E-state index is 13.9. The van der Waals surface area contributed by atoms with Gasteiger partial charge < -0.3 is 5.32 Å². The Morgan fingerprint density at radius 3 is 2.65 bits per heavy atom. The SMILES string of the molecule is Cc1ccc(F)c(NC(=O)c2cccnc2SCc2ccc(F)cc2)c1. The Morgan fingerprint density at radius 2 is 1.88 bits per heavy atom. The molecule has 3 rings (SSSR count). The first-order valence-corrected chi connectivity index (χ1v) is 8.91. The zero-order valence-electron chi connectivity index (χ0n) is 14.0. The van der Waals surface area contributed by atoms with Crippen molar-refractivity contribution in [2.24, 2.45) is 0 Å². The summed E-state index contributed by atoms with van der Waals surface area (Å²) in [5.41, 5.74) is 2.26. The van der Waals surface area contributed by atoms with Crippen LogP contribution < -0.4 is 5.32 Å². The normalized spacial score (nSPS) is 10.6. The summed E-state index contributed by atoms with van der Waals surface area (Å²) in [7, 11) is 0. The van der Waals surface area contributed by atoms with Gasteiger partial charge in [-0.05, 0) is 54.4 Å². The molecule has 1 amide bonds. The summed E-state index contributed by atoms with van der Waals surface area (Å²) in [6.45, 7) is 1.82. The van der Waals surface area contributed by atoms with Crippen molar-refractivity contribution in [2.45, 2.75) is 17.7 Å². The van der Waals surface area contributed by atoms with E-state index in [9.17, 15) is 13.6 Å². The van der Waals surface area contributed by atoms with Gasteiger partial charge in [-0.1, -0.05) is 18.2 Å². The maximum Gasteiger partial charge on any atom is 0.258 e. The number of aromatic nitrogens is 1. The van der Waals surface area contributed by atoms with Crippen LogP contribution >= 0.6 is 11.8 Å². The number of hydrogen-bond donors (Lipinski definition) is 1. The number of nitrogens with zero attached hydrogens (tertiary/aromatic N) is 1. The van der Waals surface area contributed by atoms with Gasteiger partial charge in [0.2, 0.25) is 0 Å².